The first kappa shape index (κ1) is 23.0. The monoisotopic (exact) mass is 479 g/mol. The summed E-state index contributed by atoms with van der Waals surface area (Å²) in [7, 11) is -0.831. The Morgan fingerprint density at radius 3 is 2.47 bits per heavy atom. The average Bonchev–Trinajstić information content (AvgIpc) is 3.54. The maximum Gasteiger partial charge on any atom is 0.247 e. The van der Waals surface area contributed by atoms with E-state index in [1.54, 1.807) is 28.4 Å². The van der Waals surface area contributed by atoms with Crippen LogP contribution in [0.25, 0.3) is 0 Å². The number of ether oxygens (including phenoxy) is 2. The Kier molecular flexibility index (Phi) is 7.04. The van der Waals surface area contributed by atoms with Crippen LogP contribution in [0.15, 0.2) is 39.9 Å². The molecule has 2 heterocycles. The van der Waals surface area contributed by atoms with E-state index in [-0.39, 0.29) is 29.6 Å². The molecule has 2 aliphatic rings. The minimum atomic E-state index is -3.77. The zero-order valence-electron chi connectivity index (χ0n) is 18.4. The molecule has 0 bridgehead atoms. The van der Waals surface area contributed by atoms with Gasteiger partial charge in [-0.05, 0) is 47.4 Å². The summed E-state index contributed by atoms with van der Waals surface area (Å²) in [6, 6.07) is 7.30. The molecule has 0 N–H and O–H groups in total. The van der Waals surface area contributed by atoms with Gasteiger partial charge < -0.3 is 14.4 Å². The summed E-state index contributed by atoms with van der Waals surface area (Å²) in [5.41, 5.74) is 1.23. The molecular weight excluding hydrogens is 450 g/mol. The lowest BCUT2D eigenvalue weighted by Crippen LogP contribution is -2.52. The second kappa shape index (κ2) is 9.78. The summed E-state index contributed by atoms with van der Waals surface area (Å²) in [6.07, 6.45) is 2.26. The number of carbonyl (C=O) groups excluding carboxylic acids is 1. The van der Waals surface area contributed by atoms with Crippen molar-refractivity contribution in [1.29, 1.82) is 0 Å². The van der Waals surface area contributed by atoms with Gasteiger partial charge in [0.1, 0.15) is 16.4 Å². The number of benzene rings is 1. The van der Waals surface area contributed by atoms with Crippen LogP contribution in [0, 0.1) is 0 Å². The normalized spacial score (nSPS) is 17.5. The predicted octanol–water partition coefficient (Wildman–Crippen LogP) is 2.26. The summed E-state index contributed by atoms with van der Waals surface area (Å²) in [4.78, 5) is 17.1. The van der Waals surface area contributed by atoms with E-state index in [9.17, 15) is 13.2 Å². The van der Waals surface area contributed by atoms with Gasteiger partial charge in [0.15, 0.2) is 0 Å². The molecule has 174 valence electrons. The Bertz CT molecular complexity index is 1030. The van der Waals surface area contributed by atoms with Gasteiger partial charge in [-0.15, -0.1) is 0 Å². The summed E-state index contributed by atoms with van der Waals surface area (Å²) in [5.74, 6) is 0.782. The van der Waals surface area contributed by atoms with Gasteiger partial charge in [0.05, 0.1) is 20.8 Å². The third-order valence-electron chi connectivity index (χ3n) is 5.95. The highest BCUT2D eigenvalue weighted by Crippen LogP contribution is 2.31. The number of methoxy groups -OCH3 is 2. The third kappa shape index (κ3) is 5.09. The van der Waals surface area contributed by atoms with Gasteiger partial charge in [0.2, 0.25) is 15.9 Å². The highest BCUT2D eigenvalue weighted by Gasteiger charge is 2.35. The van der Waals surface area contributed by atoms with Crippen LogP contribution >= 0.6 is 11.3 Å². The number of amides is 1. The largest absolute Gasteiger partial charge is 0.497 e. The number of sulfonamides is 1. The molecule has 0 radical (unpaired) electrons. The van der Waals surface area contributed by atoms with Crippen molar-refractivity contribution in [2.45, 2.75) is 30.3 Å². The number of nitrogens with zero attached hydrogens (tertiary/aromatic N) is 3. The van der Waals surface area contributed by atoms with E-state index in [1.807, 2.05) is 0 Å². The van der Waals surface area contributed by atoms with E-state index in [2.05, 4.69) is 21.7 Å². The van der Waals surface area contributed by atoms with Crippen LogP contribution in [0.3, 0.4) is 0 Å². The maximum atomic E-state index is 13.2. The smallest absolute Gasteiger partial charge is 0.247 e. The molecule has 1 amide bonds. The predicted molar refractivity (Wildman–Crippen MR) is 123 cm³/mol. The van der Waals surface area contributed by atoms with Crippen molar-refractivity contribution >= 4 is 27.3 Å². The SMILES string of the molecule is COc1ccc(OC)c(S(=O)(=O)N2CCN(C(=O)CN(Cc3ccsc3)C3CC3)CC2)c1. The average molecular weight is 480 g/mol. The van der Waals surface area contributed by atoms with E-state index < -0.39 is 10.0 Å². The second-order valence-corrected chi connectivity index (χ2v) is 10.8. The number of rotatable bonds is 9. The fraction of sp³-hybridized carbons (Fsp3) is 0.500. The van der Waals surface area contributed by atoms with Crippen molar-refractivity contribution in [1.82, 2.24) is 14.1 Å². The van der Waals surface area contributed by atoms with E-state index >= 15 is 0 Å². The van der Waals surface area contributed by atoms with Gasteiger partial charge in [0.25, 0.3) is 0 Å². The van der Waals surface area contributed by atoms with Crippen molar-refractivity contribution in [2.75, 3.05) is 46.9 Å². The quantitative estimate of drug-likeness (QED) is 0.549. The lowest BCUT2D eigenvalue weighted by Gasteiger charge is -2.35. The first-order chi connectivity index (χ1) is 15.4. The molecular formula is C22H29N3O5S2. The fourth-order valence-corrected chi connectivity index (χ4v) is 6.20. The van der Waals surface area contributed by atoms with Gasteiger partial charge in [-0.1, -0.05) is 0 Å². The van der Waals surface area contributed by atoms with E-state index in [0.717, 1.165) is 19.4 Å². The van der Waals surface area contributed by atoms with Crippen molar-refractivity contribution < 1.29 is 22.7 Å². The zero-order valence-corrected chi connectivity index (χ0v) is 20.0. The molecule has 8 nitrogen and oxygen atoms in total. The molecule has 10 heteroatoms. The topological polar surface area (TPSA) is 79.4 Å². The highest BCUT2D eigenvalue weighted by molar-refractivity contribution is 7.89. The Hall–Kier alpha value is -2.14. The van der Waals surface area contributed by atoms with Crippen molar-refractivity contribution in [3.8, 4) is 11.5 Å². The first-order valence-electron chi connectivity index (χ1n) is 10.7. The van der Waals surface area contributed by atoms with Crippen LogP contribution < -0.4 is 9.47 Å². The summed E-state index contributed by atoms with van der Waals surface area (Å²) in [6.45, 7) is 2.41. The van der Waals surface area contributed by atoms with Gasteiger partial charge in [-0.2, -0.15) is 15.6 Å². The number of thiophene rings is 1. The van der Waals surface area contributed by atoms with Crippen LogP contribution in [0.4, 0.5) is 0 Å². The molecule has 1 aliphatic heterocycles. The number of hydrogen-bond donors (Lipinski definition) is 0. The van der Waals surface area contributed by atoms with E-state index in [1.165, 1.54) is 30.2 Å². The van der Waals surface area contributed by atoms with Gasteiger partial charge in [0, 0.05) is 44.8 Å². The van der Waals surface area contributed by atoms with Crippen LogP contribution in [0.5, 0.6) is 11.5 Å². The summed E-state index contributed by atoms with van der Waals surface area (Å²) < 4.78 is 38.4. The molecule has 1 saturated carbocycles. The van der Waals surface area contributed by atoms with Crippen molar-refractivity contribution in [3.05, 3.63) is 40.6 Å². The van der Waals surface area contributed by atoms with Crippen molar-refractivity contribution in [2.24, 2.45) is 0 Å². The Balaban J connectivity index is 1.38. The molecule has 2 fully saturated rings. The number of carbonyl (C=O) groups is 1. The highest BCUT2D eigenvalue weighted by atomic mass is 32.2. The summed E-state index contributed by atoms with van der Waals surface area (Å²) in [5, 5.41) is 4.18. The molecule has 1 saturated heterocycles. The molecule has 0 unspecified atom stereocenters. The standard InChI is InChI=1S/C22H29N3O5S2/c1-29-19-5-6-20(30-2)21(13-19)32(27,28)25-10-8-23(9-11-25)22(26)15-24(18-3-4-18)14-17-7-12-31-16-17/h5-7,12-13,16,18H,3-4,8-11,14-15H2,1-2H3. The molecule has 1 aromatic carbocycles. The van der Waals surface area contributed by atoms with Crippen molar-refractivity contribution in [3.63, 3.8) is 0 Å². The van der Waals surface area contributed by atoms with E-state index in [4.69, 9.17) is 9.47 Å². The van der Waals surface area contributed by atoms with Gasteiger partial charge in [-0.3, -0.25) is 9.69 Å². The molecule has 1 aliphatic carbocycles. The number of hydrogen-bond acceptors (Lipinski definition) is 7. The molecule has 0 atom stereocenters. The first-order valence-corrected chi connectivity index (χ1v) is 13.1. The van der Waals surface area contributed by atoms with Crippen LogP contribution in [0.2, 0.25) is 0 Å². The van der Waals surface area contributed by atoms with Crippen LogP contribution in [0.1, 0.15) is 18.4 Å². The summed E-state index contributed by atoms with van der Waals surface area (Å²) >= 11 is 1.66. The lowest BCUT2D eigenvalue weighted by atomic mass is 10.3. The lowest BCUT2D eigenvalue weighted by molar-refractivity contribution is -0.133. The zero-order chi connectivity index (χ0) is 22.7. The molecule has 2 aromatic rings. The fourth-order valence-electron chi connectivity index (χ4n) is 3.95. The minimum absolute atomic E-state index is 0.0585. The Labute approximate surface area is 193 Å². The van der Waals surface area contributed by atoms with Gasteiger partial charge in [-0.25, -0.2) is 8.42 Å². The number of piperazine rings is 1. The maximum absolute atomic E-state index is 13.2. The molecule has 1 aromatic heterocycles. The second-order valence-electron chi connectivity index (χ2n) is 8.07. The minimum Gasteiger partial charge on any atom is -0.497 e. The van der Waals surface area contributed by atoms with E-state index in [0.29, 0.717) is 31.4 Å². The Morgan fingerprint density at radius 2 is 1.88 bits per heavy atom. The van der Waals surface area contributed by atoms with Gasteiger partial charge >= 0.3 is 0 Å². The van der Waals surface area contributed by atoms with Crippen LogP contribution in [-0.4, -0.2) is 81.4 Å². The Morgan fingerprint density at radius 1 is 1.12 bits per heavy atom. The molecule has 0 spiro atoms. The molecule has 4 rings (SSSR count). The molecule has 32 heavy (non-hydrogen) atoms. The third-order valence-corrected chi connectivity index (χ3v) is 8.60. The van der Waals surface area contributed by atoms with Crippen LogP contribution in [-0.2, 0) is 21.4 Å².